The quantitative estimate of drug-likeness (QED) is 0.848. The van der Waals surface area contributed by atoms with Crippen LogP contribution in [-0.4, -0.2) is 5.78 Å². The third kappa shape index (κ3) is 1.98. The summed E-state index contributed by atoms with van der Waals surface area (Å²) in [6.45, 7) is 0. The Morgan fingerprint density at radius 1 is 1.21 bits per heavy atom. The van der Waals surface area contributed by atoms with E-state index in [1.807, 2.05) is 47.8 Å². The fourth-order valence-electron chi connectivity index (χ4n) is 2.54. The first-order valence-electron chi connectivity index (χ1n) is 6.31. The zero-order chi connectivity index (χ0) is 13.3. The number of nitriles is 1. The summed E-state index contributed by atoms with van der Waals surface area (Å²) in [5, 5.41) is 11.3. The van der Waals surface area contributed by atoms with Crippen LogP contribution in [-0.2, 0) is 10.2 Å². The minimum absolute atomic E-state index is 0.0589. The van der Waals surface area contributed by atoms with Crippen molar-refractivity contribution in [1.82, 2.24) is 0 Å². The molecule has 0 radical (unpaired) electrons. The molecule has 1 atom stereocenters. The highest BCUT2D eigenvalue weighted by atomic mass is 32.1. The van der Waals surface area contributed by atoms with Crippen molar-refractivity contribution in [3.05, 3.63) is 58.3 Å². The van der Waals surface area contributed by atoms with Gasteiger partial charge in [0.15, 0.2) is 5.78 Å². The normalized spacial score (nSPS) is 17.4. The molecule has 0 saturated heterocycles. The Bertz CT molecular complexity index is 621. The molecule has 1 unspecified atom stereocenters. The SMILES string of the molecule is N#CC(C(=O)C1(c2ccccc2)CC1)c1cccs1. The Labute approximate surface area is 116 Å². The molecule has 2 nitrogen and oxygen atoms in total. The van der Waals surface area contributed by atoms with Gasteiger partial charge in [0, 0.05) is 4.88 Å². The van der Waals surface area contributed by atoms with E-state index in [-0.39, 0.29) is 5.78 Å². The molecule has 1 aliphatic rings. The second kappa shape index (κ2) is 4.64. The van der Waals surface area contributed by atoms with E-state index in [9.17, 15) is 10.1 Å². The maximum absolute atomic E-state index is 12.7. The summed E-state index contributed by atoms with van der Waals surface area (Å²) in [6, 6.07) is 15.8. The molecule has 19 heavy (non-hydrogen) atoms. The van der Waals surface area contributed by atoms with E-state index in [1.54, 1.807) is 0 Å². The first-order chi connectivity index (χ1) is 9.28. The number of ketones is 1. The van der Waals surface area contributed by atoms with Gasteiger partial charge in [0.05, 0.1) is 11.5 Å². The van der Waals surface area contributed by atoms with Crippen LogP contribution < -0.4 is 0 Å². The van der Waals surface area contributed by atoms with E-state index in [2.05, 4.69) is 6.07 Å². The van der Waals surface area contributed by atoms with Gasteiger partial charge in [0.2, 0.25) is 0 Å². The van der Waals surface area contributed by atoms with Crippen molar-refractivity contribution in [2.75, 3.05) is 0 Å². The lowest BCUT2D eigenvalue weighted by Gasteiger charge is -2.17. The fraction of sp³-hybridized carbons (Fsp3) is 0.250. The van der Waals surface area contributed by atoms with E-state index >= 15 is 0 Å². The summed E-state index contributed by atoms with van der Waals surface area (Å²) in [5.41, 5.74) is 0.642. The van der Waals surface area contributed by atoms with Gasteiger partial charge in [-0.3, -0.25) is 4.79 Å². The molecule has 0 spiro atoms. The van der Waals surface area contributed by atoms with Crippen molar-refractivity contribution in [3.8, 4) is 6.07 Å². The van der Waals surface area contributed by atoms with Gasteiger partial charge >= 0.3 is 0 Å². The predicted octanol–water partition coefficient (Wildman–Crippen LogP) is 3.66. The third-order valence-electron chi connectivity index (χ3n) is 3.77. The van der Waals surface area contributed by atoms with Gasteiger partial charge in [-0.15, -0.1) is 11.3 Å². The third-order valence-corrected chi connectivity index (χ3v) is 4.70. The van der Waals surface area contributed by atoms with E-state index in [1.165, 1.54) is 11.3 Å². The Morgan fingerprint density at radius 3 is 2.47 bits per heavy atom. The summed E-state index contributed by atoms with van der Waals surface area (Å²) in [7, 11) is 0. The van der Waals surface area contributed by atoms with Crippen molar-refractivity contribution in [1.29, 1.82) is 5.26 Å². The number of carbonyl (C=O) groups excluding carboxylic acids is 1. The first kappa shape index (κ1) is 12.1. The number of hydrogen-bond acceptors (Lipinski definition) is 3. The molecule has 0 aliphatic heterocycles. The maximum Gasteiger partial charge on any atom is 0.165 e. The zero-order valence-corrected chi connectivity index (χ0v) is 11.2. The molecular weight excluding hydrogens is 254 g/mol. The largest absolute Gasteiger partial charge is 0.297 e. The standard InChI is InChI=1S/C16H13NOS/c17-11-13(14-7-4-10-19-14)15(18)16(8-9-16)12-5-2-1-3-6-12/h1-7,10,13H,8-9H2. The molecule has 0 bridgehead atoms. The summed E-state index contributed by atoms with van der Waals surface area (Å²) < 4.78 is 0. The molecule has 1 heterocycles. The number of carbonyl (C=O) groups is 1. The average Bonchev–Trinajstić information content (AvgIpc) is 3.11. The van der Waals surface area contributed by atoms with Gasteiger partial charge in [-0.05, 0) is 29.9 Å². The van der Waals surface area contributed by atoms with Crippen LogP contribution in [0.2, 0.25) is 0 Å². The van der Waals surface area contributed by atoms with Crippen LogP contribution in [0, 0.1) is 11.3 Å². The van der Waals surface area contributed by atoms with E-state index in [0.717, 1.165) is 23.3 Å². The van der Waals surface area contributed by atoms with Gasteiger partial charge in [0.1, 0.15) is 5.92 Å². The van der Waals surface area contributed by atoms with Gasteiger partial charge in [-0.2, -0.15) is 5.26 Å². The zero-order valence-electron chi connectivity index (χ0n) is 10.4. The average molecular weight is 267 g/mol. The lowest BCUT2D eigenvalue weighted by atomic mass is 9.84. The number of Topliss-reactive ketones (excluding diaryl/α,β-unsaturated/α-hetero) is 1. The van der Waals surface area contributed by atoms with Crippen LogP contribution in [0.5, 0.6) is 0 Å². The summed E-state index contributed by atoms with van der Waals surface area (Å²) in [4.78, 5) is 13.6. The molecule has 94 valence electrons. The number of nitrogens with zero attached hydrogens (tertiary/aromatic N) is 1. The maximum atomic E-state index is 12.7. The van der Waals surface area contributed by atoms with Gasteiger partial charge in [-0.1, -0.05) is 36.4 Å². The highest BCUT2D eigenvalue weighted by Gasteiger charge is 2.53. The van der Waals surface area contributed by atoms with E-state index in [4.69, 9.17) is 0 Å². The Morgan fingerprint density at radius 2 is 1.95 bits per heavy atom. The smallest absolute Gasteiger partial charge is 0.165 e. The van der Waals surface area contributed by atoms with Crippen molar-refractivity contribution < 1.29 is 4.79 Å². The fourth-order valence-corrected chi connectivity index (χ4v) is 3.31. The van der Waals surface area contributed by atoms with Gasteiger partial charge < -0.3 is 0 Å². The molecule has 3 heteroatoms. The minimum atomic E-state index is -0.622. The number of thiophene rings is 1. The molecule has 0 N–H and O–H groups in total. The van der Waals surface area contributed by atoms with Crippen molar-refractivity contribution in [2.24, 2.45) is 0 Å². The molecule has 1 fully saturated rings. The second-order valence-corrected chi connectivity index (χ2v) is 5.87. The molecule has 1 saturated carbocycles. The molecular formula is C16H13NOS. The summed E-state index contributed by atoms with van der Waals surface area (Å²) >= 11 is 1.48. The minimum Gasteiger partial charge on any atom is -0.297 e. The van der Waals surface area contributed by atoms with Crippen molar-refractivity contribution >= 4 is 17.1 Å². The highest BCUT2D eigenvalue weighted by Crippen LogP contribution is 2.51. The number of rotatable bonds is 4. The number of hydrogen-bond donors (Lipinski definition) is 0. The molecule has 3 rings (SSSR count). The molecule has 1 aromatic heterocycles. The van der Waals surface area contributed by atoms with Crippen molar-refractivity contribution in [2.45, 2.75) is 24.2 Å². The molecule has 1 aliphatic carbocycles. The predicted molar refractivity (Wildman–Crippen MR) is 75.0 cm³/mol. The van der Waals surface area contributed by atoms with Gasteiger partial charge in [-0.25, -0.2) is 0 Å². The van der Waals surface area contributed by atoms with E-state index in [0.29, 0.717) is 0 Å². The van der Waals surface area contributed by atoms with Crippen LogP contribution in [0.1, 0.15) is 29.2 Å². The Kier molecular flexibility index (Phi) is 2.96. The van der Waals surface area contributed by atoms with Crippen LogP contribution in [0.15, 0.2) is 47.8 Å². The number of benzene rings is 1. The first-order valence-corrected chi connectivity index (χ1v) is 7.19. The lowest BCUT2D eigenvalue weighted by Crippen LogP contribution is -2.25. The van der Waals surface area contributed by atoms with Crippen LogP contribution in [0.3, 0.4) is 0 Å². The second-order valence-electron chi connectivity index (χ2n) is 4.89. The van der Waals surface area contributed by atoms with Crippen LogP contribution in [0.25, 0.3) is 0 Å². The molecule has 2 aromatic rings. The lowest BCUT2D eigenvalue weighted by molar-refractivity contribution is -0.121. The topological polar surface area (TPSA) is 40.9 Å². The Balaban J connectivity index is 1.94. The highest BCUT2D eigenvalue weighted by molar-refractivity contribution is 7.10. The van der Waals surface area contributed by atoms with E-state index < -0.39 is 11.3 Å². The molecule has 0 amide bonds. The molecule has 1 aromatic carbocycles. The summed E-state index contributed by atoms with van der Waals surface area (Å²) in [5.74, 6) is -0.564. The Hall–Kier alpha value is -1.92. The van der Waals surface area contributed by atoms with Gasteiger partial charge in [0.25, 0.3) is 0 Å². The van der Waals surface area contributed by atoms with Crippen molar-refractivity contribution in [3.63, 3.8) is 0 Å². The monoisotopic (exact) mass is 267 g/mol. The van der Waals surface area contributed by atoms with Crippen LogP contribution in [0.4, 0.5) is 0 Å². The van der Waals surface area contributed by atoms with Crippen LogP contribution >= 0.6 is 11.3 Å². The summed E-state index contributed by atoms with van der Waals surface area (Å²) in [6.07, 6.45) is 1.72.